The Labute approximate surface area is 69.4 Å². The fourth-order valence-electron chi connectivity index (χ4n) is 1.01. The molecule has 46 valence electrons. The minimum atomic E-state index is 1.23. The van der Waals surface area contributed by atoms with Gasteiger partial charge < -0.3 is 0 Å². The van der Waals surface area contributed by atoms with Crippen LogP contribution in [0.4, 0.5) is 0 Å². The van der Waals surface area contributed by atoms with Crippen molar-refractivity contribution >= 4 is 26.1 Å². The van der Waals surface area contributed by atoms with Crippen molar-refractivity contribution in [3.63, 3.8) is 0 Å². The van der Waals surface area contributed by atoms with Crippen LogP contribution in [0.15, 0.2) is 18.2 Å². The van der Waals surface area contributed by atoms with E-state index >= 15 is 0 Å². The fourth-order valence-corrected chi connectivity index (χ4v) is 2.51. The van der Waals surface area contributed by atoms with Gasteiger partial charge in [-0.3, -0.25) is 0 Å². The Balaban J connectivity index is 3.17. The molecule has 0 aliphatic heterocycles. The van der Waals surface area contributed by atoms with Crippen LogP contribution < -0.4 is 3.58 Å². The van der Waals surface area contributed by atoms with E-state index in [1.807, 2.05) is 0 Å². The van der Waals surface area contributed by atoms with E-state index in [1.165, 1.54) is 37.2 Å². The summed E-state index contributed by atoms with van der Waals surface area (Å²) in [7, 11) is 0. The van der Waals surface area contributed by atoms with Crippen molar-refractivity contribution in [3.05, 3.63) is 29.3 Å². The van der Waals surface area contributed by atoms with Crippen LogP contribution in [-0.2, 0) is 0 Å². The zero-order valence-corrected chi connectivity index (χ0v) is 9.11. The van der Waals surface area contributed by atoms with Gasteiger partial charge in [0.15, 0.2) is 0 Å². The Kier molecular flexibility index (Phi) is 2.17. The fraction of sp³-hybridized carbons (Fsp3) is 0.250. The standard InChI is InChI=1S/C8H9.Sn.H/c1-7-4-3-5-8(2)6-7;;/h4-6H,1-2H3;;. The van der Waals surface area contributed by atoms with Gasteiger partial charge in [0, 0.05) is 0 Å². The summed E-state index contributed by atoms with van der Waals surface area (Å²) >= 11 is 1.23. The summed E-state index contributed by atoms with van der Waals surface area (Å²) in [5.74, 6) is 0. The molecule has 0 saturated heterocycles. The van der Waals surface area contributed by atoms with Crippen LogP contribution >= 0.6 is 0 Å². The predicted octanol–water partition coefficient (Wildman–Crippen LogP) is 0.830. The van der Waals surface area contributed by atoms with Crippen LogP contribution in [0.25, 0.3) is 0 Å². The molecule has 0 aromatic heterocycles. The van der Waals surface area contributed by atoms with E-state index < -0.39 is 0 Å². The van der Waals surface area contributed by atoms with Crippen LogP contribution in [0.1, 0.15) is 11.1 Å². The number of hydrogen-bond acceptors (Lipinski definition) is 0. The van der Waals surface area contributed by atoms with E-state index in [1.54, 1.807) is 0 Å². The molecule has 0 spiro atoms. The molecule has 1 aromatic carbocycles. The SMILES string of the molecule is Cc1cc(C)c[c]([SnH])c1. The summed E-state index contributed by atoms with van der Waals surface area (Å²) in [6, 6.07) is 6.70. The molecule has 0 heterocycles. The summed E-state index contributed by atoms with van der Waals surface area (Å²) in [4.78, 5) is 0. The Bertz CT molecular complexity index is 165. The third-order valence-electron chi connectivity index (χ3n) is 1.24. The van der Waals surface area contributed by atoms with E-state index in [9.17, 15) is 0 Å². The van der Waals surface area contributed by atoms with Gasteiger partial charge in [-0.05, 0) is 0 Å². The van der Waals surface area contributed by atoms with Gasteiger partial charge in [-0.25, -0.2) is 0 Å². The summed E-state index contributed by atoms with van der Waals surface area (Å²) in [6.07, 6.45) is 0. The third-order valence-corrected chi connectivity index (χ3v) is 2.20. The van der Waals surface area contributed by atoms with Crippen LogP contribution in [0, 0.1) is 13.8 Å². The van der Waals surface area contributed by atoms with Gasteiger partial charge >= 0.3 is 69.3 Å². The average Bonchev–Trinajstić information content (AvgIpc) is 1.59. The molecule has 0 atom stereocenters. The number of hydrogen-bond donors (Lipinski definition) is 0. The molecule has 9 heavy (non-hydrogen) atoms. The zero-order chi connectivity index (χ0) is 6.85. The quantitative estimate of drug-likeness (QED) is 0.573. The molecule has 0 amide bonds. The second-order valence-corrected chi connectivity index (χ2v) is 4.32. The Morgan fingerprint density at radius 2 is 1.44 bits per heavy atom. The predicted molar refractivity (Wildman–Crippen MR) is 42.7 cm³/mol. The Hall–Kier alpha value is 0.0187. The van der Waals surface area contributed by atoms with E-state index in [2.05, 4.69) is 32.0 Å². The second kappa shape index (κ2) is 2.73. The Morgan fingerprint density at radius 3 is 1.78 bits per heavy atom. The van der Waals surface area contributed by atoms with Crippen molar-refractivity contribution < 1.29 is 0 Å². The molecule has 0 N–H and O–H groups in total. The Morgan fingerprint density at radius 1 is 1.00 bits per heavy atom. The van der Waals surface area contributed by atoms with Gasteiger partial charge in [0.25, 0.3) is 0 Å². The van der Waals surface area contributed by atoms with Crippen molar-refractivity contribution in [2.24, 2.45) is 0 Å². The van der Waals surface area contributed by atoms with Gasteiger partial charge in [-0.15, -0.1) is 0 Å². The molecule has 0 saturated carbocycles. The van der Waals surface area contributed by atoms with Crippen LogP contribution in [0.2, 0.25) is 0 Å². The topological polar surface area (TPSA) is 0 Å². The summed E-state index contributed by atoms with van der Waals surface area (Å²) in [5.41, 5.74) is 2.77. The normalized spacial score (nSPS) is 9.67. The number of rotatable bonds is 0. The van der Waals surface area contributed by atoms with Crippen molar-refractivity contribution in [1.29, 1.82) is 0 Å². The van der Waals surface area contributed by atoms with E-state index in [0.29, 0.717) is 0 Å². The first kappa shape index (κ1) is 7.13. The monoisotopic (exact) mass is 226 g/mol. The zero-order valence-electron chi connectivity index (χ0n) is 5.81. The molecule has 1 heteroatoms. The molecule has 0 fully saturated rings. The van der Waals surface area contributed by atoms with Gasteiger partial charge in [0.05, 0.1) is 0 Å². The molecule has 0 aliphatic carbocycles. The first-order valence-corrected chi connectivity index (χ1v) is 4.67. The minimum absolute atomic E-state index is 1.23. The average molecular weight is 225 g/mol. The van der Waals surface area contributed by atoms with Gasteiger partial charge in [-0.1, -0.05) is 0 Å². The van der Waals surface area contributed by atoms with Gasteiger partial charge in [0.1, 0.15) is 0 Å². The molecule has 0 unspecified atom stereocenters. The maximum absolute atomic E-state index is 2.25. The maximum atomic E-state index is 2.25. The second-order valence-electron chi connectivity index (χ2n) is 2.42. The van der Waals surface area contributed by atoms with Gasteiger partial charge in [0.2, 0.25) is 0 Å². The molecule has 1 aromatic rings. The van der Waals surface area contributed by atoms with E-state index in [0.717, 1.165) is 0 Å². The van der Waals surface area contributed by atoms with Crippen LogP contribution in [-0.4, -0.2) is 22.5 Å². The van der Waals surface area contributed by atoms with Crippen LogP contribution in [0.3, 0.4) is 0 Å². The van der Waals surface area contributed by atoms with Crippen LogP contribution in [0.5, 0.6) is 0 Å². The van der Waals surface area contributed by atoms with E-state index in [4.69, 9.17) is 0 Å². The molecule has 2 radical (unpaired) electrons. The molecule has 0 nitrogen and oxygen atoms in total. The molecule has 0 aliphatic rings. The first-order valence-electron chi connectivity index (χ1n) is 3.02. The van der Waals surface area contributed by atoms with Crippen molar-refractivity contribution in [2.45, 2.75) is 13.8 Å². The molecular formula is C8H10Sn. The summed E-state index contributed by atoms with van der Waals surface area (Å²) in [5, 5.41) is 0. The third kappa shape index (κ3) is 2.01. The molecular weight excluding hydrogens is 215 g/mol. The van der Waals surface area contributed by atoms with E-state index in [-0.39, 0.29) is 0 Å². The van der Waals surface area contributed by atoms with Gasteiger partial charge in [-0.2, -0.15) is 0 Å². The number of aryl methyl sites for hydroxylation is 2. The van der Waals surface area contributed by atoms with Crippen molar-refractivity contribution in [3.8, 4) is 0 Å². The first-order chi connectivity index (χ1) is 4.18. The molecule has 0 bridgehead atoms. The van der Waals surface area contributed by atoms with Crippen molar-refractivity contribution in [1.82, 2.24) is 0 Å². The molecule has 1 rings (SSSR count). The van der Waals surface area contributed by atoms with Crippen molar-refractivity contribution in [2.75, 3.05) is 0 Å². The number of benzene rings is 1. The summed E-state index contributed by atoms with van der Waals surface area (Å²) < 4.78 is 1.48. The summed E-state index contributed by atoms with van der Waals surface area (Å²) in [6.45, 7) is 4.29.